The molecule has 0 unspecified atom stereocenters. The highest BCUT2D eigenvalue weighted by Crippen LogP contribution is 2.26. The predicted molar refractivity (Wildman–Crippen MR) is 111 cm³/mol. The number of ketones is 1. The Morgan fingerprint density at radius 1 is 0.964 bits per heavy atom. The molecule has 3 nitrogen and oxygen atoms in total. The first-order valence-corrected chi connectivity index (χ1v) is 10.5. The second kappa shape index (κ2) is 7.05. The van der Waals surface area contributed by atoms with Crippen molar-refractivity contribution in [3.05, 3.63) is 76.7 Å². The first-order valence-electron chi connectivity index (χ1n) is 10.5. The molecule has 0 saturated heterocycles. The summed E-state index contributed by atoms with van der Waals surface area (Å²) in [6.07, 6.45) is 9.16. The zero-order valence-corrected chi connectivity index (χ0v) is 16.6. The van der Waals surface area contributed by atoms with Crippen LogP contribution in [0.15, 0.2) is 48.7 Å². The number of imidazole rings is 1. The van der Waals surface area contributed by atoms with Crippen molar-refractivity contribution in [2.24, 2.45) is 0 Å². The Hall–Kier alpha value is -2.68. The summed E-state index contributed by atoms with van der Waals surface area (Å²) in [5.74, 6) is 1.50. The van der Waals surface area contributed by atoms with Crippen LogP contribution in [0.1, 0.15) is 52.1 Å². The molecule has 2 aromatic carbocycles. The average molecular weight is 372 g/mol. The molecule has 0 amide bonds. The summed E-state index contributed by atoms with van der Waals surface area (Å²) in [5, 5.41) is 0. The molecule has 0 bridgehead atoms. The topological polar surface area (TPSA) is 25.9 Å². The normalized spacial score (nSPS) is 15.3. The fraction of sp³-hybridized carbons (Fsp3) is 0.360. The Bertz CT molecular complexity index is 1040. The molecule has 28 heavy (non-hydrogen) atoms. The van der Waals surface area contributed by atoms with Gasteiger partial charge in [0.1, 0.15) is 6.20 Å². The molecule has 0 radical (unpaired) electrons. The van der Waals surface area contributed by atoms with Crippen LogP contribution in [0, 0.1) is 6.92 Å². The zero-order valence-electron chi connectivity index (χ0n) is 16.6. The van der Waals surface area contributed by atoms with Crippen LogP contribution in [0.5, 0.6) is 0 Å². The average Bonchev–Trinajstić information content (AvgIpc) is 3.32. The number of carbonyl (C=O) groups excluding carboxylic acids is 1. The summed E-state index contributed by atoms with van der Waals surface area (Å²) in [6, 6.07) is 15.0. The SMILES string of the molecule is Cc1ccc(-c2c[n+](CC(=O)c3ccc4c(c3)CCCC4)c3n2CCC3)cc1. The molecular weight excluding hydrogens is 344 g/mol. The van der Waals surface area contributed by atoms with Gasteiger partial charge in [-0.15, -0.1) is 0 Å². The summed E-state index contributed by atoms with van der Waals surface area (Å²) in [4.78, 5) is 13.1. The van der Waals surface area contributed by atoms with Gasteiger partial charge in [0.25, 0.3) is 5.82 Å². The Balaban J connectivity index is 1.45. The third-order valence-corrected chi connectivity index (χ3v) is 6.33. The van der Waals surface area contributed by atoms with Gasteiger partial charge in [0.05, 0.1) is 13.0 Å². The fourth-order valence-electron chi connectivity index (χ4n) is 4.75. The Morgan fingerprint density at radius 2 is 1.75 bits per heavy atom. The van der Waals surface area contributed by atoms with Crippen LogP contribution in [-0.4, -0.2) is 10.4 Å². The minimum absolute atomic E-state index is 0.217. The monoisotopic (exact) mass is 371 g/mol. The number of nitrogens with zero attached hydrogens (tertiary/aromatic N) is 2. The van der Waals surface area contributed by atoms with Crippen molar-refractivity contribution in [2.45, 2.75) is 58.5 Å². The van der Waals surface area contributed by atoms with Crippen LogP contribution in [0.25, 0.3) is 11.3 Å². The van der Waals surface area contributed by atoms with E-state index in [2.05, 4.69) is 58.7 Å². The Morgan fingerprint density at radius 3 is 2.57 bits per heavy atom. The van der Waals surface area contributed by atoms with Gasteiger partial charge in [0.2, 0.25) is 5.78 Å². The van der Waals surface area contributed by atoms with E-state index < -0.39 is 0 Å². The smallest absolute Gasteiger partial charge is 0.257 e. The highest BCUT2D eigenvalue weighted by molar-refractivity contribution is 5.95. The number of hydrogen-bond acceptors (Lipinski definition) is 1. The van der Waals surface area contributed by atoms with Gasteiger partial charge in [-0.05, 0) is 56.2 Å². The van der Waals surface area contributed by atoms with Crippen molar-refractivity contribution in [3.8, 4) is 11.3 Å². The number of aryl methyl sites for hydroxylation is 3. The van der Waals surface area contributed by atoms with Crippen LogP contribution in [0.4, 0.5) is 0 Å². The Kier molecular flexibility index (Phi) is 4.38. The van der Waals surface area contributed by atoms with Gasteiger partial charge in [0.15, 0.2) is 12.2 Å². The van der Waals surface area contributed by atoms with E-state index in [1.165, 1.54) is 46.6 Å². The quantitative estimate of drug-likeness (QED) is 0.491. The van der Waals surface area contributed by atoms with Crippen molar-refractivity contribution < 1.29 is 9.36 Å². The zero-order chi connectivity index (χ0) is 19.1. The molecule has 0 N–H and O–H groups in total. The maximum atomic E-state index is 13.1. The minimum atomic E-state index is 0.217. The lowest BCUT2D eigenvalue weighted by atomic mass is 9.90. The molecule has 0 saturated carbocycles. The second-order valence-electron chi connectivity index (χ2n) is 8.29. The fourth-order valence-corrected chi connectivity index (χ4v) is 4.75. The van der Waals surface area contributed by atoms with E-state index in [-0.39, 0.29) is 5.78 Å². The molecule has 0 spiro atoms. The maximum absolute atomic E-state index is 13.1. The van der Waals surface area contributed by atoms with E-state index in [9.17, 15) is 4.79 Å². The van der Waals surface area contributed by atoms with E-state index in [1.807, 2.05) is 6.07 Å². The molecule has 2 heterocycles. The molecule has 2 aliphatic rings. The standard InChI is InChI=1S/C25H27N2O/c1-18-8-10-20(11-9-18)23-16-26(25-7-4-14-27(23)25)17-24(28)22-13-12-19-5-2-3-6-21(19)15-22/h8-13,15-16H,2-7,14,17H2,1H3/q+1. The van der Waals surface area contributed by atoms with Crippen LogP contribution in [0.3, 0.4) is 0 Å². The van der Waals surface area contributed by atoms with Crippen LogP contribution in [0.2, 0.25) is 0 Å². The van der Waals surface area contributed by atoms with E-state index in [4.69, 9.17) is 0 Å². The van der Waals surface area contributed by atoms with Crippen molar-refractivity contribution in [1.29, 1.82) is 0 Å². The lowest BCUT2D eigenvalue weighted by molar-refractivity contribution is -0.689. The van der Waals surface area contributed by atoms with Gasteiger partial charge in [-0.25, -0.2) is 9.13 Å². The summed E-state index contributed by atoms with van der Waals surface area (Å²) in [7, 11) is 0. The molecule has 1 aliphatic heterocycles. The lowest BCUT2D eigenvalue weighted by Crippen LogP contribution is -2.40. The molecule has 1 aromatic heterocycles. The van der Waals surface area contributed by atoms with Gasteiger partial charge in [-0.2, -0.15) is 0 Å². The van der Waals surface area contributed by atoms with E-state index in [0.29, 0.717) is 6.54 Å². The van der Waals surface area contributed by atoms with Crippen LogP contribution in [-0.2, 0) is 32.4 Å². The predicted octanol–water partition coefficient (Wildman–Crippen LogP) is 4.46. The molecule has 5 rings (SSSR count). The highest BCUT2D eigenvalue weighted by Gasteiger charge is 2.29. The molecular formula is C25H27N2O+. The first-order chi connectivity index (χ1) is 13.7. The van der Waals surface area contributed by atoms with Crippen molar-refractivity contribution >= 4 is 5.78 Å². The van der Waals surface area contributed by atoms with Gasteiger partial charge < -0.3 is 0 Å². The van der Waals surface area contributed by atoms with Gasteiger partial charge in [-0.1, -0.05) is 42.0 Å². The molecule has 0 fully saturated rings. The highest BCUT2D eigenvalue weighted by atomic mass is 16.1. The van der Waals surface area contributed by atoms with Crippen molar-refractivity contribution in [3.63, 3.8) is 0 Å². The second-order valence-corrected chi connectivity index (χ2v) is 8.29. The maximum Gasteiger partial charge on any atom is 0.257 e. The summed E-state index contributed by atoms with van der Waals surface area (Å²) in [5.41, 5.74) is 7.40. The number of hydrogen-bond donors (Lipinski definition) is 0. The van der Waals surface area contributed by atoms with E-state index in [0.717, 1.165) is 37.8 Å². The summed E-state index contributed by atoms with van der Waals surface area (Å²) in [6.45, 7) is 3.59. The molecule has 142 valence electrons. The van der Waals surface area contributed by atoms with Gasteiger partial charge >= 0.3 is 0 Å². The minimum Gasteiger partial charge on any atom is -0.290 e. The molecule has 1 aliphatic carbocycles. The van der Waals surface area contributed by atoms with Gasteiger partial charge in [0, 0.05) is 11.1 Å². The first kappa shape index (κ1) is 17.4. The van der Waals surface area contributed by atoms with Crippen molar-refractivity contribution in [2.75, 3.05) is 0 Å². The largest absolute Gasteiger partial charge is 0.290 e. The summed E-state index contributed by atoms with van der Waals surface area (Å²) >= 11 is 0. The lowest BCUT2D eigenvalue weighted by Gasteiger charge is -2.16. The van der Waals surface area contributed by atoms with Crippen LogP contribution >= 0.6 is 0 Å². The molecule has 3 aromatic rings. The van der Waals surface area contributed by atoms with Crippen molar-refractivity contribution in [1.82, 2.24) is 4.57 Å². The number of fused-ring (bicyclic) bond motifs is 2. The van der Waals surface area contributed by atoms with Crippen LogP contribution < -0.4 is 4.57 Å². The number of benzene rings is 2. The third-order valence-electron chi connectivity index (χ3n) is 6.33. The van der Waals surface area contributed by atoms with E-state index in [1.54, 1.807) is 0 Å². The number of aromatic nitrogens is 2. The summed E-state index contributed by atoms with van der Waals surface area (Å²) < 4.78 is 4.58. The molecule has 0 atom stereocenters. The van der Waals surface area contributed by atoms with E-state index >= 15 is 0 Å². The van der Waals surface area contributed by atoms with Gasteiger partial charge in [-0.3, -0.25) is 4.79 Å². The third kappa shape index (κ3) is 3.09. The number of Topliss-reactive ketones (excluding diaryl/α,β-unsaturated/α-hetero) is 1. The molecule has 3 heteroatoms. The number of rotatable bonds is 4. The number of carbonyl (C=O) groups is 1. The Labute approximate surface area is 166 Å².